The molecule has 0 aliphatic heterocycles. The summed E-state index contributed by atoms with van der Waals surface area (Å²) in [4.78, 5) is 4.23. The fourth-order valence-electron chi connectivity index (χ4n) is 2.62. The van der Waals surface area contributed by atoms with E-state index < -0.39 is 0 Å². The van der Waals surface area contributed by atoms with Crippen molar-refractivity contribution in [2.75, 3.05) is 0 Å². The van der Waals surface area contributed by atoms with Crippen molar-refractivity contribution in [3.63, 3.8) is 0 Å². The molecule has 1 heterocycles. The SMILES string of the molecule is Cc1cccc(Cc2cc(CO)cc3ccncc23)c1. The van der Waals surface area contributed by atoms with Crippen molar-refractivity contribution in [2.45, 2.75) is 20.0 Å². The molecule has 2 nitrogen and oxygen atoms in total. The Balaban J connectivity index is 2.10. The van der Waals surface area contributed by atoms with Crippen LogP contribution in [0, 0.1) is 6.92 Å². The predicted octanol–water partition coefficient (Wildman–Crippen LogP) is 3.63. The molecule has 0 spiro atoms. The van der Waals surface area contributed by atoms with Gasteiger partial charge in [-0.15, -0.1) is 0 Å². The molecule has 0 atom stereocenters. The molecule has 3 aromatic rings. The summed E-state index contributed by atoms with van der Waals surface area (Å²) in [6, 6.07) is 14.6. The van der Waals surface area contributed by atoms with E-state index in [2.05, 4.69) is 42.2 Å². The highest BCUT2D eigenvalue weighted by Crippen LogP contribution is 2.23. The van der Waals surface area contributed by atoms with E-state index in [1.54, 1.807) is 6.20 Å². The lowest BCUT2D eigenvalue weighted by Crippen LogP contribution is -1.94. The lowest BCUT2D eigenvalue weighted by Gasteiger charge is -2.09. The summed E-state index contributed by atoms with van der Waals surface area (Å²) in [6.45, 7) is 2.17. The van der Waals surface area contributed by atoms with Crippen molar-refractivity contribution < 1.29 is 5.11 Å². The molecule has 100 valence electrons. The number of benzene rings is 2. The van der Waals surface area contributed by atoms with Gasteiger partial charge in [-0.3, -0.25) is 4.98 Å². The van der Waals surface area contributed by atoms with Gasteiger partial charge < -0.3 is 5.11 Å². The van der Waals surface area contributed by atoms with Crippen molar-refractivity contribution in [3.8, 4) is 0 Å². The van der Waals surface area contributed by atoms with E-state index in [1.165, 1.54) is 16.7 Å². The van der Waals surface area contributed by atoms with E-state index in [9.17, 15) is 5.11 Å². The van der Waals surface area contributed by atoms with Crippen LogP contribution in [0.2, 0.25) is 0 Å². The van der Waals surface area contributed by atoms with Crippen LogP contribution >= 0.6 is 0 Å². The molecular weight excluding hydrogens is 246 g/mol. The number of aryl methyl sites for hydroxylation is 1. The van der Waals surface area contributed by atoms with Gasteiger partial charge in [-0.2, -0.15) is 0 Å². The highest BCUT2D eigenvalue weighted by molar-refractivity contribution is 5.85. The Bertz CT molecular complexity index is 749. The minimum absolute atomic E-state index is 0.0685. The first-order valence-electron chi connectivity index (χ1n) is 6.78. The van der Waals surface area contributed by atoms with Gasteiger partial charge in [-0.25, -0.2) is 0 Å². The van der Waals surface area contributed by atoms with Crippen LogP contribution in [0.4, 0.5) is 0 Å². The van der Waals surface area contributed by atoms with Crippen LogP contribution in [0.25, 0.3) is 10.8 Å². The van der Waals surface area contributed by atoms with Crippen molar-refractivity contribution in [2.24, 2.45) is 0 Å². The number of fused-ring (bicyclic) bond motifs is 1. The van der Waals surface area contributed by atoms with Gasteiger partial charge in [0.2, 0.25) is 0 Å². The number of aliphatic hydroxyl groups excluding tert-OH is 1. The van der Waals surface area contributed by atoms with Crippen LogP contribution in [-0.2, 0) is 13.0 Å². The smallest absolute Gasteiger partial charge is 0.0682 e. The predicted molar refractivity (Wildman–Crippen MR) is 81.7 cm³/mol. The lowest BCUT2D eigenvalue weighted by molar-refractivity contribution is 0.282. The standard InChI is InChI=1S/C18H17NO/c1-13-3-2-4-14(7-13)8-17-10-15(12-20)9-16-5-6-19-11-18(16)17/h2-7,9-11,20H,8,12H2,1H3. The summed E-state index contributed by atoms with van der Waals surface area (Å²) >= 11 is 0. The average Bonchev–Trinajstić information content (AvgIpc) is 2.47. The van der Waals surface area contributed by atoms with Crippen LogP contribution in [0.5, 0.6) is 0 Å². The maximum absolute atomic E-state index is 9.42. The van der Waals surface area contributed by atoms with Gasteiger partial charge in [0.25, 0.3) is 0 Å². The summed E-state index contributed by atoms with van der Waals surface area (Å²) in [7, 11) is 0. The molecule has 20 heavy (non-hydrogen) atoms. The first-order valence-corrected chi connectivity index (χ1v) is 6.78. The molecule has 0 saturated heterocycles. The van der Waals surface area contributed by atoms with Crippen LogP contribution in [0.1, 0.15) is 22.3 Å². The van der Waals surface area contributed by atoms with Crippen molar-refractivity contribution >= 4 is 10.8 Å². The highest BCUT2D eigenvalue weighted by atomic mass is 16.3. The van der Waals surface area contributed by atoms with Gasteiger partial charge in [-0.05, 0) is 47.6 Å². The molecule has 0 radical (unpaired) electrons. The number of rotatable bonds is 3. The van der Waals surface area contributed by atoms with E-state index in [0.717, 1.165) is 22.8 Å². The van der Waals surface area contributed by atoms with E-state index in [1.807, 2.05) is 18.3 Å². The summed E-state index contributed by atoms with van der Waals surface area (Å²) < 4.78 is 0. The largest absolute Gasteiger partial charge is 0.392 e. The Morgan fingerprint density at radius 2 is 1.95 bits per heavy atom. The number of hydrogen-bond acceptors (Lipinski definition) is 2. The van der Waals surface area contributed by atoms with Crippen LogP contribution in [0.15, 0.2) is 54.9 Å². The molecule has 0 aliphatic rings. The lowest BCUT2D eigenvalue weighted by atomic mass is 9.96. The monoisotopic (exact) mass is 263 g/mol. The van der Waals surface area contributed by atoms with E-state index in [4.69, 9.17) is 0 Å². The van der Waals surface area contributed by atoms with Gasteiger partial charge in [0, 0.05) is 17.8 Å². The summed E-state index contributed by atoms with van der Waals surface area (Å²) in [5.41, 5.74) is 4.71. The molecule has 0 saturated carbocycles. The fourth-order valence-corrected chi connectivity index (χ4v) is 2.62. The van der Waals surface area contributed by atoms with E-state index in [-0.39, 0.29) is 6.61 Å². The molecule has 0 bridgehead atoms. The minimum atomic E-state index is 0.0685. The van der Waals surface area contributed by atoms with Gasteiger partial charge in [-0.1, -0.05) is 35.9 Å². The second-order valence-electron chi connectivity index (χ2n) is 5.18. The van der Waals surface area contributed by atoms with E-state index >= 15 is 0 Å². The molecule has 1 N–H and O–H groups in total. The zero-order valence-electron chi connectivity index (χ0n) is 11.5. The van der Waals surface area contributed by atoms with Crippen LogP contribution < -0.4 is 0 Å². The van der Waals surface area contributed by atoms with Crippen LogP contribution in [0.3, 0.4) is 0 Å². The fraction of sp³-hybridized carbons (Fsp3) is 0.167. The number of aliphatic hydroxyl groups is 1. The first kappa shape index (κ1) is 12.8. The second kappa shape index (κ2) is 5.43. The maximum Gasteiger partial charge on any atom is 0.0682 e. The highest BCUT2D eigenvalue weighted by Gasteiger charge is 2.05. The number of hydrogen-bond donors (Lipinski definition) is 1. The first-order chi connectivity index (χ1) is 9.76. The normalized spacial score (nSPS) is 10.9. The third kappa shape index (κ3) is 2.56. The Morgan fingerprint density at radius 1 is 1.05 bits per heavy atom. The molecular formula is C18H17NO. The van der Waals surface area contributed by atoms with Gasteiger partial charge >= 0.3 is 0 Å². The molecule has 0 amide bonds. The van der Waals surface area contributed by atoms with Gasteiger partial charge in [0.1, 0.15) is 0 Å². The summed E-state index contributed by atoms with van der Waals surface area (Å²) in [5.74, 6) is 0. The molecule has 0 unspecified atom stereocenters. The number of aromatic nitrogens is 1. The molecule has 1 aromatic heterocycles. The second-order valence-corrected chi connectivity index (χ2v) is 5.18. The zero-order chi connectivity index (χ0) is 13.9. The van der Waals surface area contributed by atoms with Crippen molar-refractivity contribution in [3.05, 3.63) is 77.1 Å². The quantitative estimate of drug-likeness (QED) is 0.782. The molecule has 0 fully saturated rings. The molecule has 2 heteroatoms. The van der Waals surface area contributed by atoms with Crippen LogP contribution in [-0.4, -0.2) is 10.1 Å². The zero-order valence-corrected chi connectivity index (χ0v) is 11.5. The topological polar surface area (TPSA) is 33.1 Å². The Morgan fingerprint density at radius 3 is 2.75 bits per heavy atom. The molecule has 2 aromatic carbocycles. The Kier molecular flexibility index (Phi) is 3.48. The Labute approximate surface area is 118 Å². The van der Waals surface area contributed by atoms with E-state index in [0.29, 0.717) is 0 Å². The molecule has 0 aliphatic carbocycles. The molecule has 3 rings (SSSR count). The van der Waals surface area contributed by atoms with Gasteiger partial charge in [0.15, 0.2) is 0 Å². The third-order valence-corrected chi connectivity index (χ3v) is 3.56. The Hall–Kier alpha value is -2.19. The number of pyridine rings is 1. The summed E-state index contributed by atoms with van der Waals surface area (Å²) in [6.07, 6.45) is 4.55. The van der Waals surface area contributed by atoms with Gasteiger partial charge in [0.05, 0.1) is 6.61 Å². The van der Waals surface area contributed by atoms with Crippen molar-refractivity contribution in [1.29, 1.82) is 0 Å². The van der Waals surface area contributed by atoms with Crippen molar-refractivity contribution in [1.82, 2.24) is 4.98 Å². The summed E-state index contributed by atoms with van der Waals surface area (Å²) in [5, 5.41) is 11.7. The number of nitrogens with zero attached hydrogens (tertiary/aromatic N) is 1. The third-order valence-electron chi connectivity index (χ3n) is 3.56. The maximum atomic E-state index is 9.42. The minimum Gasteiger partial charge on any atom is -0.392 e. The average molecular weight is 263 g/mol.